The Labute approximate surface area is 102 Å². The van der Waals surface area contributed by atoms with Gasteiger partial charge >= 0.3 is 0 Å². The Kier molecular flexibility index (Phi) is 3.50. The highest BCUT2D eigenvalue weighted by Crippen LogP contribution is 2.40. The highest BCUT2D eigenvalue weighted by molar-refractivity contribution is 5.16. The molecule has 2 rings (SSSR count). The van der Waals surface area contributed by atoms with Crippen molar-refractivity contribution >= 4 is 0 Å². The minimum atomic E-state index is -0.190. The summed E-state index contributed by atoms with van der Waals surface area (Å²) in [6.45, 7) is 5.03. The molecule has 0 aromatic heterocycles. The highest BCUT2D eigenvalue weighted by atomic mass is 19.1. The molecule has 0 radical (unpaired) electrons. The standard InChI is InChI=1S/C14H20FNO/c1-14(2)12(9-13(14)17)16-8-7-10-3-5-11(15)6-4-10/h3-6,12-13,16-17H,7-9H2,1-2H3. The summed E-state index contributed by atoms with van der Waals surface area (Å²) in [4.78, 5) is 0. The van der Waals surface area contributed by atoms with E-state index < -0.39 is 0 Å². The Bertz CT molecular complexity index is 374. The van der Waals surface area contributed by atoms with Crippen molar-refractivity contribution in [2.45, 2.75) is 38.8 Å². The van der Waals surface area contributed by atoms with Crippen molar-refractivity contribution in [1.82, 2.24) is 5.32 Å². The summed E-state index contributed by atoms with van der Waals surface area (Å²) in [6.07, 6.45) is 1.53. The molecule has 1 fully saturated rings. The molecule has 0 saturated heterocycles. The van der Waals surface area contributed by atoms with E-state index in [9.17, 15) is 9.50 Å². The van der Waals surface area contributed by atoms with Crippen molar-refractivity contribution in [3.8, 4) is 0 Å². The first kappa shape index (κ1) is 12.5. The Morgan fingerprint density at radius 1 is 1.35 bits per heavy atom. The van der Waals surface area contributed by atoms with Gasteiger partial charge in [0.25, 0.3) is 0 Å². The molecule has 17 heavy (non-hydrogen) atoms. The smallest absolute Gasteiger partial charge is 0.123 e. The number of hydrogen-bond donors (Lipinski definition) is 2. The second kappa shape index (κ2) is 4.75. The number of benzene rings is 1. The zero-order chi connectivity index (χ0) is 12.5. The third kappa shape index (κ3) is 2.67. The van der Waals surface area contributed by atoms with Crippen molar-refractivity contribution in [3.63, 3.8) is 0 Å². The number of nitrogens with one attached hydrogen (secondary N) is 1. The fourth-order valence-corrected chi connectivity index (χ4v) is 2.29. The second-order valence-electron chi connectivity index (χ2n) is 5.46. The maximum atomic E-state index is 12.7. The molecule has 0 heterocycles. The van der Waals surface area contributed by atoms with Crippen LogP contribution in [-0.4, -0.2) is 23.8 Å². The molecule has 1 aliphatic rings. The topological polar surface area (TPSA) is 32.3 Å². The molecule has 3 heteroatoms. The third-order valence-corrected chi connectivity index (χ3v) is 3.93. The monoisotopic (exact) mass is 237 g/mol. The van der Waals surface area contributed by atoms with Gasteiger partial charge in [0.2, 0.25) is 0 Å². The van der Waals surface area contributed by atoms with Crippen LogP contribution in [0.25, 0.3) is 0 Å². The van der Waals surface area contributed by atoms with Gasteiger partial charge in [0, 0.05) is 11.5 Å². The predicted octanol–water partition coefficient (Wildman–Crippen LogP) is 2.12. The highest BCUT2D eigenvalue weighted by Gasteiger charge is 2.46. The van der Waals surface area contributed by atoms with Crippen LogP contribution in [-0.2, 0) is 6.42 Å². The molecule has 1 saturated carbocycles. The summed E-state index contributed by atoms with van der Waals surface area (Å²) >= 11 is 0. The summed E-state index contributed by atoms with van der Waals surface area (Å²) in [6, 6.07) is 7.01. The van der Waals surface area contributed by atoms with E-state index in [1.54, 1.807) is 0 Å². The van der Waals surface area contributed by atoms with Crippen LogP contribution < -0.4 is 5.32 Å². The number of halogens is 1. The van der Waals surface area contributed by atoms with E-state index in [0.717, 1.165) is 24.9 Å². The van der Waals surface area contributed by atoms with Crippen LogP contribution in [0.1, 0.15) is 25.8 Å². The molecule has 1 aromatic rings. The van der Waals surface area contributed by atoms with Gasteiger partial charge in [-0.2, -0.15) is 0 Å². The van der Waals surface area contributed by atoms with Crippen LogP contribution in [0.4, 0.5) is 4.39 Å². The average Bonchev–Trinajstić information content (AvgIpc) is 2.30. The first-order valence-corrected chi connectivity index (χ1v) is 6.16. The molecule has 0 aliphatic heterocycles. The van der Waals surface area contributed by atoms with Crippen molar-refractivity contribution in [3.05, 3.63) is 35.6 Å². The van der Waals surface area contributed by atoms with E-state index in [4.69, 9.17) is 0 Å². The Morgan fingerprint density at radius 2 is 2.00 bits per heavy atom. The molecule has 0 amide bonds. The van der Waals surface area contributed by atoms with Gasteiger partial charge in [0.1, 0.15) is 5.82 Å². The summed E-state index contributed by atoms with van der Waals surface area (Å²) < 4.78 is 12.7. The number of aliphatic hydroxyl groups is 1. The molecule has 2 unspecified atom stereocenters. The van der Waals surface area contributed by atoms with E-state index in [1.807, 2.05) is 12.1 Å². The van der Waals surface area contributed by atoms with E-state index in [0.29, 0.717) is 6.04 Å². The van der Waals surface area contributed by atoms with Gasteiger partial charge in [-0.1, -0.05) is 26.0 Å². The van der Waals surface area contributed by atoms with Crippen LogP contribution in [0.5, 0.6) is 0 Å². The Balaban J connectivity index is 1.75. The maximum Gasteiger partial charge on any atom is 0.123 e. The quantitative estimate of drug-likeness (QED) is 0.840. The number of aliphatic hydroxyl groups excluding tert-OH is 1. The minimum Gasteiger partial charge on any atom is -0.392 e. The summed E-state index contributed by atoms with van der Waals surface area (Å²) in [5, 5.41) is 13.1. The van der Waals surface area contributed by atoms with E-state index in [-0.39, 0.29) is 17.3 Å². The van der Waals surface area contributed by atoms with Gasteiger partial charge in [-0.3, -0.25) is 0 Å². The molecule has 94 valence electrons. The van der Waals surface area contributed by atoms with Gasteiger partial charge < -0.3 is 10.4 Å². The molecule has 2 atom stereocenters. The summed E-state index contributed by atoms with van der Waals surface area (Å²) in [7, 11) is 0. The minimum absolute atomic E-state index is 0.0250. The predicted molar refractivity (Wildman–Crippen MR) is 66.3 cm³/mol. The van der Waals surface area contributed by atoms with Gasteiger partial charge in [-0.15, -0.1) is 0 Å². The van der Waals surface area contributed by atoms with Gasteiger partial charge in [-0.25, -0.2) is 4.39 Å². The zero-order valence-corrected chi connectivity index (χ0v) is 10.4. The lowest BCUT2D eigenvalue weighted by Gasteiger charge is -2.49. The van der Waals surface area contributed by atoms with Crippen LogP contribution in [0.15, 0.2) is 24.3 Å². The molecule has 1 aromatic carbocycles. The lowest BCUT2D eigenvalue weighted by molar-refractivity contribution is -0.0720. The van der Waals surface area contributed by atoms with Crippen molar-refractivity contribution in [2.24, 2.45) is 5.41 Å². The maximum absolute atomic E-state index is 12.7. The Morgan fingerprint density at radius 3 is 2.53 bits per heavy atom. The van der Waals surface area contributed by atoms with E-state index >= 15 is 0 Å². The lowest BCUT2D eigenvalue weighted by Crippen LogP contribution is -2.60. The molecule has 1 aliphatic carbocycles. The molecule has 2 N–H and O–H groups in total. The van der Waals surface area contributed by atoms with Gasteiger partial charge in [0.05, 0.1) is 6.10 Å². The van der Waals surface area contributed by atoms with Crippen molar-refractivity contribution < 1.29 is 9.50 Å². The van der Waals surface area contributed by atoms with E-state index in [1.165, 1.54) is 12.1 Å². The molecular weight excluding hydrogens is 217 g/mol. The van der Waals surface area contributed by atoms with Gasteiger partial charge in [-0.05, 0) is 37.1 Å². The lowest BCUT2D eigenvalue weighted by atomic mass is 9.64. The van der Waals surface area contributed by atoms with Crippen molar-refractivity contribution in [1.29, 1.82) is 0 Å². The second-order valence-corrected chi connectivity index (χ2v) is 5.46. The SMILES string of the molecule is CC1(C)C(O)CC1NCCc1ccc(F)cc1. The van der Waals surface area contributed by atoms with Crippen LogP contribution >= 0.6 is 0 Å². The third-order valence-electron chi connectivity index (χ3n) is 3.93. The van der Waals surface area contributed by atoms with Crippen molar-refractivity contribution in [2.75, 3.05) is 6.54 Å². The fraction of sp³-hybridized carbons (Fsp3) is 0.571. The van der Waals surface area contributed by atoms with Gasteiger partial charge in [0.15, 0.2) is 0 Å². The largest absolute Gasteiger partial charge is 0.392 e. The normalized spacial score (nSPS) is 26.6. The zero-order valence-electron chi connectivity index (χ0n) is 10.4. The molecular formula is C14H20FNO. The Hall–Kier alpha value is -0.930. The summed E-state index contributed by atoms with van der Waals surface area (Å²) in [5.41, 5.74) is 1.11. The number of rotatable bonds is 4. The molecule has 0 spiro atoms. The van der Waals surface area contributed by atoms with E-state index in [2.05, 4.69) is 19.2 Å². The molecule has 2 nitrogen and oxygen atoms in total. The van der Waals surface area contributed by atoms with Crippen LogP contribution in [0.3, 0.4) is 0 Å². The first-order valence-electron chi connectivity index (χ1n) is 6.16. The molecule has 0 bridgehead atoms. The van der Waals surface area contributed by atoms with Crippen LogP contribution in [0.2, 0.25) is 0 Å². The number of hydrogen-bond acceptors (Lipinski definition) is 2. The average molecular weight is 237 g/mol. The first-order chi connectivity index (χ1) is 8.00. The summed E-state index contributed by atoms with van der Waals surface area (Å²) in [5.74, 6) is -0.190. The van der Waals surface area contributed by atoms with Crippen LogP contribution in [0, 0.1) is 11.2 Å². The fourth-order valence-electron chi connectivity index (χ4n) is 2.29.